The molecule has 2 nitrogen and oxygen atoms in total. The molecule has 1 aliphatic rings. The number of halogens is 1. The smallest absolute Gasteiger partial charge is 0.146 e. The molecular formula is C12H16FNOS. The zero-order chi connectivity index (χ0) is 11.5. The van der Waals surface area contributed by atoms with Crippen LogP contribution in [0.3, 0.4) is 0 Å². The summed E-state index contributed by atoms with van der Waals surface area (Å²) in [5.41, 5.74) is 6.31. The van der Waals surface area contributed by atoms with E-state index in [0.717, 1.165) is 18.4 Å². The van der Waals surface area contributed by atoms with Gasteiger partial charge in [-0.2, -0.15) is 0 Å². The summed E-state index contributed by atoms with van der Waals surface area (Å²) < 4.78 is 25.2. The van der Waals surface area contributed by atoms with Crippen LogP contribution in [0.4, 0.5) is 10.1 Å². The molecule has 4 heteroatoms. The lowest BCUT2D eigenvalue weighted by atomic mass is 10.2. The van der Waals surface area contributed by atoms with E-state index < -0.39 is 16.6 Å². The zero-order valence-electron chi connectivity index (χ0n) is 9.12. The molecule has 1 unspecified atom stereocenters. The topological polar surface area (TPSA) is 43.1 Å². The first kappa shape index (κ1) is 11.6. The quantitative estimate of drug-likeness (QED) is 0.827. The highest BCUT2D eigenvalue weighted by Gasteiger charge is 2.21. The molecule has 1 saturated carbocycles. The fraction of sp³-hybridized carbons (Fsp3) is 0.500. The first-order valence-electron chi connectivity index (χ1n) is 5.58. The molecule has 1 atom stereocenters. The number of hydrogen-bond acceptors (Lipinski definition) is 2. The van der Waals surface area contributed by atoms with Gasteiger partial charge in [-0.15, -0.1) is 0 Å². The number of nitrogen functional groups attached to an aromatic ring is 1. The van der Waals surface area contributed by atoms with Crippen LogP contribution in [-0.2, 0) is 16.6 Å². The molecule has 2 N–H and O–H groups in total. The summed E-state index contributed by atoms with van der Waals surface area (Å²) in [6.45, 7) is 0. The minimum absolute atomic E-state index is 0.149. The van der Waals surface area contributed by atoms with Crippen molar-refractivity contribution in [1.82, 2.24) is 0 Å². The Morgan fingerprint density at radius 1 is 1.38 bits per heavy atom. The maximum Gasteiger partial charge on any atom is 0.146 e. The first-order valence-corrected chi connectivity index (χ1v) is 6.96. The molecule has 0 aromatic heterocycles. The predicted molar refractivity (Wildman–Crippen MR) is 64.9 cm³/mol. The van der Waals surface area contributed by atoms with Crippen LogP contribution in [-0.4, -0.2) is 9.46 Å². The van der Waals surface area contributed by atoms with E-state index in [1.165, 1.54) is 25.0 Å². The highest BCUT2D eigenvalue weighted by atomic mass is 32.2. The van der Waals surface area contributed by atoms with Gasteiger partial charge in [0.2, 0.25) is 0 Å². The van der Waals surface area contributed by atoms with Crippen LogP contribution in [0.25, 0.3) is 0 Å². The van der Waals surface area contributed by atoms with Gasteiger partial charge in [-0.25, -0.2) is 4.39 Å². The minimum atomic E-state index is -0.869. The van der Waals surface area contributed by atoms with Crippen LogP contribution >= 0.6 is 0 Å². The molecule has 1 fully saturated rings. The van der Waals surface area contributed by atoms with Gasteiger partial charge in [0.05, 0.1) is 5.69 Å². The highest BCUT2D eigenvalue weighted by molar-refractivity contribution is 7.84. The average Bonchev–Trinajstić information content (AvgIpc) is 2.77. The van der Waals surface area contributed by atoms with Crippen LogP contribution in [0.1, 0.15) is 31.2 Å². The van der Waals surface area contributed by atoms with Crippen molar-refractivity contribution in [1.29, 1.82) is 0 Å². The van der Waals surface area contributed by atoms with Gasteiger partial charge in [0.1, 0.15) is 5.82 Å². The second-order valence-electron chi connectivity index (χ2n) is 4.29. The summed E-state index contributed by atoms with van der Waals surface area (Å²) in [5.74, 6) is 0.0305. The molecule has 0 aliphatic heterocycles. The van der Waals surface area contributed by atoms with Crippen molar-refractivity contribution in [2.24, 2.45) is 0 Å². The number of anilines is 1. The van der Waals surface area contributed by atoms with Crippen molar-refractivity contribution in [3.8, 4) is 0 Å². The number of nitrogens with two attached hydrogens (primary N) is 1. The molecule has 0 bridgehead atoms. The second-order valence-corrected chi connectivity index (χ2v) is 6.00. The van der Waals surface area contributed by atoms with Crippen LogP contribution < -0.4 is 5.73 Å². The van der Waals surface area contributed by atoms with E-state index in [4.69, 9.17) is 5.73 Å². The average molecular weight is 241 g/mol. The van der Waals surface area contributed by atoms with Crippen molar-refractivity contribution >= 4 is 16.5 Å². The van der Waals surface area contributed by atoms with E-state index in [2.05, 4.69) is 0 Å². The number of benzene rings is 1. The van der Waals surface area contributed by atoms with Crippen LogP contribution in [0.5, 0.6) is 0 Å². The van der Waals surface area contributed by atoms with E-state index in [-0.39, 0.29) is 5.69 Å². The fourth-order valence-corrected chi connectivity index (χ4v) is 3.70. The third kappa shape index (κ3) is 2.61. The van der Waals surface area contributed by atoms with Gasteiger partial charge in [-0.3, -0.25) is 4.21 Å². The summed E-state index contributed by atoms with van der Waals surface area (Å²) in [6, 6.07) is 4.68. The van der Waals surface area contributed by atoms with Crippen LogP contribution in [0.2, 0.25) is 0 Å². The van der Waals surface area contributed by atoms with E-state index in [1.807, 2.05) is 0 Å². The third-order valence-electron chi connectivity index (χ3n) is 3.05. The Kier molecular flexibility index (Phi) is 3.59. The van der Waals surface area contributed by atoms with Gasteiger partial charge in [0, 0.05) is 21.8 Å². The minimum Gasteiger partial charge on any atom is -0.396 e. The molecule has 1 aliphatic carbocycles. The Labute approximate surface area is 97.5 Å². The lowest BCUT2D eigenvalue weighted by Gasteiger charge is -2.09. The Hall–Kier alpha value is -0.900. The maximum absolute atomic E-state index is 13.2. The van der Waals surface area contributed by atoms with Gasteiger partial charge >= 0.3 is 0 Å². The van der Waals surface area contributed by atoms with Gasteiger partial charge in [-0.1, -0.05) is 18.9 Å². The SMILES string of the molecule is Nc1ccc(CS(=O)C2CCCC2)cc1F. The molecule has 1 aromatic carbocycles. The summed E-state index contributed by atoms with van der Waals surface area (Å²) >= 11 is 0. The van der Waals surface area contributed by atoms with Gasteiger partial charge in [0.25, 0.3) is 0 Å². The molecule has 0 saturated heterocycles. The molecule has 0 amide bonds. The van der Waals surface area contributed by atoms with E-state index >= 15 is 0 Å². The Balaban J connectivity index is 2.02. The summed E-state index contributed by atoms with van der Waals surface area (Å²) in [4.78, 5) is 0. The van der Waals surface area contributed by atoms with Gasteiger partial charge in [0.15, 0.2) is 0 Å². The predicted octanol–water partition coefficient (Wildman–Crippen LogP) is 2.60. The second kappa shape index (κ2) is 4.95. The van der Waals surface area contributed by atoms with E-state index in [1.54, 1.807) is 6.07 Å². The van der Waals surface area contributed by atoms with E-state index in [9.17, 15) is 8.60 Å². The molecule has 2 rings (SSSR count). The third-order valence-corrected chi connectivity index (χ3v) is 4.88. The lowest BCUT2D eigenvalue weighted by Crippen LogP contribution is -2.12. The summed E-state index contributed by atoms with van der Waals surface area (Å²) in [5, 5.41) is 0.306. The first-order chi connectivity index (χ1) is 7.66. The monoisotopic (exact) mass is 241 g/mol. The summed E-state index contributed by atoms with van der Waals surface area (Å²) in [7, 11) is -0.869. The standard InChI is InChI=1S/C12H16FNOS/c13-11-7-9(5-6-12(11)14)8-16(15)10-3-1-2-4-10/h5-7,10H,1-4,8,14H2. The molecular weight excluding hydrogens is 225 g/mol. The normalized spacial score (nSPS) is 18.8. The maximum atomic E-state index is 13.2. The number of hydrogen-bond donors (Lipinski definition) is 1. The largest absolute Gasteiger partial charge is 0.396 e. The van der Waals surface area contributed by atoms with Crippen LogP contribution in [0, 0.1) is 5.82 Å². The van der Waals surface area contributed by atoms with Crippen molar-refractivity contribution in [2.45, 2.75) is 36.7 Å². The highest BCUT2D eigenvalue weighted by Crippen LogP contribution is 2.25. The zero-order valence-corrected chi connectivity index (χ0v) is 9.93. The summed E-state index contributed by atoms with van der Waals surface area (Å²) in [6.07, 6.45) is 4.44. The molecule has 88 valence electrons. The Bertz CT molecular complexity index is 402. The molecule has 0 spiro atoms. The van der Waals surface area contributed by atoms with Crippen molar-refractivity contribution in [3.05, 3.63) is 29.6 Å². The number of rotatable bonds is 3. The Morgan fingerprint density at radius 3 is 2.69 bits per heavy atom. The van der Waals surface area contributed by atoms with Gasteiger partial charge < -0.3 is 5.73 Å². The van der Waals surface area contributed by atoms with Gasteiger partial charge in [-0.05, 0) is 30.5 Å². The van der Waals surface area contributed by atoms with E-state index in [0.29, 0.717) is 11.0 Å². The Morgan fingerprint density at radius 2 is 2.06 bits per heavy atom. The fourth-order valence-electron chi connectivity index (χ4n) is 2.09. The molecule has 1 aromatic rings. The van der Waals surface area contributed by atoms with Crippen molar-refractivity contribution in [2.75, 3.05) is 5.73 Å². The molecule has 0 radical (unpaired) electrons. The van der Waals surface area contributed by atoms with Crippen molar-refractivity contribution in [3.63, 3.8) is 0 Å². The van der Waals surface area contributed by atoms with Crippen LogP contribution in [0.15, 0.2) is 18.2 Å². The molecule has 16 heavy (non-hydrogen) atoms. The lowest BCUT2D eigenvalue weighted by molar-refractivity contribution is 0.631. The van der Waals surface area contributed by atoms with Crippen molar-refractivity contribution < 1.29 is 8.60 Å². The molecule has 0 heterocycles.